The Balaban J connectivity index is 1.62. The van der Waals surface area contributed by atoms with Crippen LogP contribution in [0.5, 0.6) is 0 Å². The van der Waals surface area contributed by atoms with Crippen molar-refractivity contribution >= 4 is 10.0 Å². The number of hydrogen-bond donors (Lipinski definition) is 1. The molecule has 1 heterocycles. The molecule has 0 saturated heterocycles. The summed E-state index contributed by atoms with van der Waals surface area (Å²) < 4.78 is 40.9. The number of nitrogens with one attached hydrogen (secondary N) is 1. The minimum absolute atomic E-state index is 0.00901. The Kier molecular flexibility index (Phi) is 5.78. The highest BCUT2D eigenvalue weighted by Crippen LogP contribution is 2.14. The van der Waals surface area contributed by atoms with Crippen molar-refractivity contribution in [2.45, 2.75) is 17.9 Å². The predicted molar refractivity (Wildman–Crippen MR) is 100 cm³/mol. The maximum absolute atomic E-state index is 12.9. The summed E-state index contributed by atoms with van der Waals surface area (Å²) >= 11 is 0. The Hall–Kier alpha value is -2.84. The molecule has 0 aliphatic rings. The summed E-state index contributed by atoms with van der Waals surface area (Å²) in [7, 11) is -3.72. The average molecular weight is 387 g/mol. The van der Waals surface area contributed by atoms with Gasteiger partial charge in [0.2, 0.25) is 10.0 Å². The minimum atomic E-state index is -3.72. The van der Waals surface area contributed by atoms with Crippen molar-refractivity contribution < 1.29 is 12.8 Å². The van der Waals surface area contributed by atoms with Crippen LogP contribution in [0.4, 0.5) is 4.39 Å². The van der Waals surface area contributed by atoms with Crippen molar-refractivity contribution in [3.8, 4) is 11.3 Å². The van der Waals surface area contributed by atoms with Crippen LogP contribution in [-0.4, -0.2) is 24.7 Å². The number of halogens is 1. The minimum Gasteiger partial charge on any atom is -0.268 e. The molecule has 0 aliphatic carbocycles. The molecule has 27 heavy (non-hydrogen) atoms. The summed E-state index contributed by atoms with van der Waals surface area (Å²) in [5.41, 5.74) is 1.31. The van der Waals surface area contributed by atoms with Crippen molar-refractivity contribution in [3.05, 3.63) is 82.9 Å². The van der Waals surface area contributed by atoms with E-state index in [0.29, 0.717) is 12.1 Å². The second-order valence-electron chi connectivity index (χ2n) is 5.85. The molecule has 3 rings (SSSR count). The zero-order valence-electron chi connectivity index (χ0n) is 14.4. The van der Waals surface area contributed by atoms with Crippen LogP contribution in [0.3, 0.4) is 0 Å². The molecule has 0 spiro atoms. The summed E-state index contributed by atoms with van der Waals surface area (Å²) in [4.78, 5) is 12.0. The van der Waals surface area contributed by atoms with Gasteiger partial charge in [0.05, 0.1) is 10.6 Å². The summed E-state index contributed by atoms with van der Waals surface area (Å²) in [5, 5.41) is 4.33. The van der Waals surface area contributed by atoms with Crippen molar-refractivity contribution in [1.82, 2.24) is 14.5 Å². The molecule has 6 nitrogen and oxygen atoms in total. The first-order chi connectivity index (χ1) is 13.0. The molecule has 1 aromatic heterocycles. The largest absolute Gasteiger partial charge is 0.268 e. The first-order valence-corrected chi connectivity index (χ1v) is 9.83. The Bertz CT molecular complexity index is 1070. The lowest BCUT2D eigenvalue weighted by Crippen LogP contribution is -2.28. The average Bonchev–Trinajstić information content (AvgIpc) is 2.67. The fraction of sp³-hybridized carbons (Fsp3) is 0.158. The molecule has 140 valence electrons. The van der Waals surface area contributed by atoms with E-state index < -0.39 is 15.8 Å². The molecule has 0 aliphatic heterocycles. The van der Waals surface area contributed by atoms with E-state index in [9.17, 15) is 17.6 Å². The Morgan fingerprint density at radius 3 is 2.37 bits per heavy atom. The van der Waals surface area contributed by atoms with E-state index in [-0.39, 0.29) is 23.5 Å². The van der Waals surface area contributed by atoms with E-state index in [1.165, 1.54) is 22.9 Å². The molecule has 1 N–H and O–H groups in total. The number of aryl methyl sites for hydroxylation is 1. The molecule has 0 amide bonds. The lowest BCUT2D eigenvalue weighted by atomic mass is 10.1. The fourth-order valence-electron chi connectivity index (χ4n) is 2.50. The van der Waals surface area contributed by atoms with Crippen LogP contribution in [0, 0.1) is 5.82 Å². The maximum Gasteiger partial charge on any atom is 0.266 e. The third-order valence-corrected chi connectivity index (χ3v) is 5.38. The first-order valence-electron chi connectivity index (χ1n) is 8.34. The van der Waals surface area contributed by atoms with Crippen molar-refractivity contribution in [2.24, 2.45) is 0 Å². The predicted octanol–water partition coefficient (Wildman–Crippen LogP) is 2.42. The quantitative estimate of drug-likeness (QED) is 0.632. The van der Waals surface area contributed by atoms with Gasteiger partial charge < -0.3 is 0 Å². The molecule has 2 aromatic carbocycles. The number of nitrogens with zero attached hydrogens (tertiary/aromatic N) is 2. The molecular formula is C19H18FN3O3S. The van der Waals surface area contributed by atoms with Gasteiger partial charge in [-0.3, -0.25) is 4.79 Å². The SMILES string of the molecule is O=c1ccc(-c2ccccc2)nn1CCCNS(=O)(=O)c1ccc(F)cc1. The third-order valence-electron chi connectivity index (χ3n) is 3.90. The van der Waals surface area contributed by atoms with Gasteiger partial charge in [0.1, 0.15) is 5.82 Å². The molecule has 0 atom stereocenters. The molecule has 0 radical (unpaired) electrons. The molecule has 0 fully saturated rings. The van der Waals surface area contributed by atoms with Crippen LogP contribution in [0.2, 0.25) is 0 Å². The third kappa shape index (κ3) is 4.87. The lowest BCUT2D eigenvalue weighted by molar-refractivity contribution is 0.536. The standard InChI is InChI=1S/C19H18FN3O3S/c20-16-7-9-17(10-8-16)27(25,26)21-13-4-14-23-19(24)12-11-18(22-23)15-5-2-1-3-6-15/h1-3,5-12,21H,4,13-14H2. The van der Waals surface area contributed by atoms with Gasteiger partial charge in [-0.15, -0.1) is 0 Å². The molecular weight excluding hydrogens is 369 g/mol. The van der Waals surface area contributed by atoms with E-state index in [1.54, 1.807) is 6.07 Å². The van der Waals surface area contributed by atoms with Gasteiger partial charge in [0, 0.05) is 24.7 Å². The fourth-order valence-corrected chi connectivity index (χ4v) is 3.58. The zero-order valence-corrected chi connectivity index (χ0v) is 15.2. The Morgan fingerprint density at radius 2 is 1.67 bits per heavy atom. The number of benzene rings is 2. The molecule has 8 heteroatoms. The van der Waals surface area contributed by atoms with E-state index >= 15 is 0 Å². The normalized spacial score (nSPS) is 11.4. The topological polar surface area (TPSA) is 81.1 Å². The summed E-state index contributed by atoms with van der Waals surface area (Å²) in [6.45, 7) is 0.398. The summed E-state index contributed by atoms with van der Waals surface area (Å²) in [6.07, 6.45) is 0.381. The number of sulfonamides is 1. The molecule has 3 aromatic rings. The highest BCUT2D eigenvalue weighted by molar-refractivity contribution is 7.89. The van der Waals surface area contributed by atoms with Crippen molar-refractivity contribution in [3.63, 3.8) is 0 Å². The molecule has 0 bridgehead atoms. The lowest BCUT2D eigenvalue weighted by Gasteiger charge is -2.09. The van der Waals surface area contributed by atoms with Crippen LogP contribution >= 0.6 is 0 Å². The number of aromatic nitrogens is 2. The van der Waals surface area contributed by atoms with Crippen LogP contribution in [0.15, 0.2) is 76.4 Å². The van der Waals surface area contributed by atoms with E-state index in [2.05, 4.69) is 9.82 Å². The second-order valence-corrected chi connectivity index (χ2v) is 7.62. The van der Waals surface area contributed by atoms with E-state index in [4.69, 9.17) is 0 Å². The van der Waals surface area contributed by atoms with E-state index in [0.717, 1.165) is 17.7 Å². The van der Waals surface area contributed by atoms with Crippen LogP contribution in [0.1, 0.15) is 6.42 Å². The molecule has 0 saturated carbocycles. The van der Waals surface area contributed by atoms with Gasteiger partial charge in [-0.2, -0.15) is 5.10 Å². The first kappa shape index (κ1) is 18.9. The van der Waals surface area contributed by atoms with Crippen LogP contribution < -0.4 is 10.3 Å². The zero-order chi connectivity index (χ0) is 19.3. The van der Waals surface area contributed by atoms with Crippen molar-refractivity contribution in [1.29, 1.82) is 0 Å². The van der Waals surface area contributed by atoms with Gasteiger partial charge in [0.15, 0.2) is 0 Å². The second kappa shape index (κ2) is 8.24. The highest BCUT2D eigenvalue weighted by Gasteiger charge is 2.13. The summed E-state index contributed by atoms with van der Waals surface area (Å²) in [6, 6.07) is 17.1. The Labute approximate surface area is 156 Å². The number of hydrogen-bond acceptors (Lipinski definition) is 4. The smallest absolute Gasteiger partial charge is 0.266 e. The van der Waals surface area contributed by atoms with Crippen LogP contribution in [-0.2, 0) is 16.6 Å². The number of rotatable bonds is 7. The van der Waals surface area contributed by atoms with Gasteiger partial charge in [-0.25, -0.2) is 22.2 Å². The Morgan fingerprint density at radius 1 is 0.963 bits per heavy atom. The highest BCUT2D eigenvalue weighted by atomic mass is 32.2. The van der Waals surface area contributed by atoms with Crippen molar-refractivity contribution in [2.75, 3.05) is 6.54 Å². The maximum atomic E-state index is 12.9. The summed E-state index contributed by atoms with van der Waals surface area (Å²) in [5.74, 6) is -0.502. The molecule has 0 unspecified atom stereocenters. The van der Waals surface area contributed by atoms with Gasteiger partial charge in [-0.05, 0) is 36.8 Å². The van der Waals surface area contributed by atoms with Crippen LogP contribution in [0.25, 0.3) is 11.3 Å². The van der Waals surface area contributed by atoms with Gasteiger partial charge >= 0.3 is 0 Å². The van der Waals surface area contributed by atoms with Gasteiger partial charge in [0.25, 0.3) is 5.56 Å². The van der Waals surface area contributed by atoms with Gasteiger partial charge in [-0.1, -0.05) is 30.3 Å². The van der Waals surface area contributed by atoms with E-state index in [1.807, 2.05) is 30.3 Å². The monoisotopic (exact) mass is 387 g/mol.